The molecule has 6 heteroatoms. The van der Waals surface area contributed by atoms with Gasteiger partial charge in [0.05, 0.1) is 0 Å². The lowest BCUT2D eigenvalue weighted by Crippen LogP contribution is -2.41. The Kier molecular flexibility index (Phi) is 5.59. The molecule has 0 aliphatic rings. The lowest BCUT2D eigenvalue weighted by molar-refractivity contribution is -0.115. The van der Waals surface area contributed by atoms with E-state index in [0.29, 0.717) is 11.4 Å². The van der Waals surface area contributed by atoms with Gasteiger partial charge in [-0.15, -0.1) is 0 Å². The van der Waals surface area contributed by atoms with Crippen molar-refractivity contribution in [1.82, 2.24) is 4.98 Å². The highest BCUT2D eigenvalue weighted by molar-refractivity contribution is 6.01. The van der Waals surface area contributed by atoms with E-state index >= 15 is 0 Å². The second-order valence-corrected chi connectivity index (χ2v) is 7.39. The van der Waals surface area contributed by atoms with E-state index in [1.54, 1.807) is 45.3 Å². The lowest BCUT2D eigenvalue weighted by Gasteiger charge is -2.27. The zero-order chi connectivity index (χ0) is 20.1. The number of hydrogen-bond donors (Lipinski definition) is 1. The van der Waals surface area contributed by atoms with Crippen LogP contribution in [0.3, 0.4) is 0 Å². The maximum absolute atomic E-state index is 12.6. The van der Waals surface area contributed by atoms with Gasteiger partial charge in [-0.25, -0.2) is 4.79 Å². The number of ether oxygens (including phenoxy) is 1. The molecule has 2 amide bonds. The third-order valence-corrected chi connectivity index (χ3v) is 3.91. The standard InChI is InChI=1S/C22H23N3O3/c1-22(2,3)28-21(27)25(19-7-5-4-6-8-19)15-20(26)24-18-10-9-17-14-23-12-11-16(17)13-18/h4-14H,15H2,1-3H3,(H,24,26). The van der Waals surface area contributed by atoms with Gasteiger partial charge in [0, 0.05) is 29.2 Å². The van der Waals surface area contributed by atoms with Gasteiger partial charge < -0.3 is 10.1 Å². The number of benzene rings is 2. The van der Waals surface area contributed by atoms with Gasteiger partial charge >= 0.3 is 6.09 Å². The van der Waals surface area contributed by atoms with Crippen molar-refractivity contribution in [3.05, 3.63) is 67.0 Å². The van der Waals surface area contributed by atoms with E-state index in [1.807, 2.05) is 42.5 Å². The summed E-state index contributed by atoms with van der Waals surface area (Å²) in [7, 11) is 0. The summed E-state index contributed by atoms with van der Waals surface area (Å²) < 4.78 is 5.46. The van der Waals surface area contributed by atoms with Gasteiger partial charge in [-0.2, -0.15) is 0 Å². The van der Waals surface area contributed by atoms with Gasteiger partial charge in [0.1, 0.15) is 12.1 Å². The Morgan fingerprint density at radius 1 is 1.04 bits per heavy atom. The van der Waals surface area contributed by atoms with Gasteiger partial charge in [0.15, 0.2) is 0 Å². The Balaban J connectivity index is 1.77. The Bertz CT molecular complexity index is 981. The average molecular weight is 377 g/mol. The Hall–Kier alpha value is -3.41. The number of para-hydroxylation sites is 1. The fraction of sp³-hybridized carbons (Fsp3) is 0.227. The minimum absolute atomic E-state index is 0.159. The van der Waals surface area contributed by atoms with Crippen LogP contribution in [0, 0.1) is 0 Å². The van der Waals surface area contributed by atoms with Gasteiger partial charge in [0.2, 0.25) is 5.91 Å². The number of nitrogens with zero attached hydrogens (tertiary/aromatic N) is 2. The topological polar surface area (TPSA) is 71.5 Å². The van der Waals surface area contributed by atoms with Gasteiger partial charge in [-0.1, -0.05) is 24.3 Å². The Morgan fingerprint density at radius 3 is 2.50 bits per heavy atom. The molecule has 2 aromatic carbocycles. The Morgan fingerprint density at radius 2 is 1.79 bits per heavy atom. The van der Waals surface area contributed by atoms with E-state index in [9.17, 15) is 9.59 Å². The van der Waals surface area contributed by atoms with Crippen molar-refractivity contribution >= 4 is 34.1 Å². The van der Waals surface area contributed by atoms with Crippen molar-refractivity contribution in [3.63, 3.8) is 0 Å². The van der Waals surface area contributed by atoms with E-state index in [1.165, 1.54) is 4.90 Å². The smallest absolute Gasteiger partial charge is 0.415 e. The molecule has 0 unspecified atom stereocenters. The van der Waals surface area contributed by atoms with Crippen molar-refractivity contribution in [3.8, 4) is 0 Å². The highest BCUT2D eigenvalue weighted by Gasteiger charge is 2.25. The third kappa shape index (κ3) is 5.07. The molecule has 0 aliphatic carbocycles. The number of anilines is 2. The first-order valence-corrected chi connectivity index (χ1v) is 9.01. The van der Waals surface area contributed by atoms with Crippen LogP contribution in [0.1, 0.15) is 20.8 Å². The zero-order valence-electron chi connectivity index (χ0n) is 16.2. The van der Waals surface area contributed by atoms with E-state index in [-0.39, 0.29) is 12.5 Å². The van der Waals surface area contributed by atoms with Crippen LogP contribution in [0.5, 0.6) is 0 Å². The van der Waals surface area contributed by atoms with Gasteiger partial charge in [-0.3, -0.25) is 14.7 Å². The maximum Gasteiger partial charge on any atom is 0.415 e. The van der Waals surface area contributed by atoms with Gasteiger partial charge in [-0.05, 0) is 56.5 Å². The molecule has 6 nitrogen and oxygen atoms in total. The quantitative estimate of drug-likeness (QED) is 0.720. The molecule has 0 saturated carbocycles. The van der Waals surface area contributed by atoms with E-state index in [4.69, 9.17) is 4.74 Å². The predicted molar refractivity (Wildman–Crippen MR) is 110 cm³/mol. The molecule has 28 heavy (non-hydrogen) atoms. The number of aromatic nitrogens is 1. The second kappa shape index (κ2) is 8.08. The SMILES string of the molecule is CC(C)(C)OC(=O)N(CC(=O)Nc1ccc2cnccc2c1)c1ccccc1. The summed E-state index contributed by atoms with van der Waals surface area (Å²) in [5.74, 6) is -0.317. The zero-order valence-corrected chi connectivity index (χ0v) is 16.2. The average Bonchev–Trinajstić information content (AvgIpc) is 2.65. The minimum Gasteiger partial charge on any atom is -0.443 e. The molecule has 0 spiro atoms. The fourth-order valence-electron chi connectivity index (χ4n) is 2.69. The van der Waals surface area contributed by atoms with Crippen LogP contribution in [0.4, 0.5) is 16.2 Å². The van der Waals surface area contributed by atoms with Crippen LogP contribution >= 0.6 is 0 Å². The molecule has 0 aliphatic heterocycles. The van der Waals surface area contributed by atoms with Crippen LogP contribution in [0.25, 0.3) is 10.8 Å². The fourth-order valence-corrected chi connectivity index (χ4v) is 2.69. The lowest BCUT2D eigenvalue weighted by atomic mass is 10.1. The summed E-state index contributed by atoms with van der Waals surface area (Å²) in [6, 6.07) is 16.4. The molecule has 3 aromatic rings. The molecule has 144 valence electrons. The first-order valence-electron chi connectivity index (χ1n) is 9.01. The van der Waals surface area contributed by atoms with Crippen molar-refractivity contribution in [2.24, 2.45) is 0 Å². The first kappa shape index (κ1) is 19.4. The van der Waals surface area contributed by atoms with Crippen LogP contribution in [0.2, 0.25) is 0 Å². The van der Waals surface area contributed by atoms with Crippen molar-refractivity contribution in [2.45, 2.75) is 26.4 Å². The van der Waals surface area contributed by atoms with E-state index in [2.05, 4.69) is 10.3 Å². The molecule has 3 rings (SSSR count). The number of rotatable bonds is 4. The van der Waals surface area contributed by atoms with Crippen LogP contribution < -0.4 is 10.2 Å². The molecule has 1 N–H and O–H groups in total. The van der Waals surface area contributed by atoms with Crippen molar-refractivity contribution in [1.29, 1.82) is 0 Å². The summed E-state index contributed by atoms with van der Waals surface area (Å²) >= 11 is 0. The highest BCUT2D eigenvalue weighted by atomic mass is 16.6. The number of hydrogen-bond acceptors (Lipinski definition) is 4. The molecule has 0 saturated heterocycles. The molecular formula is C22H23N3O3. The monoisotopic (exact) mass is 377 g/mol. The summed E-state index contributed by atoms with van der Waals surface area (Å²) in [5, 5.41) is 4.80. The summed E-state index contributed by atoms with van der Waals surface area (Å²) in [4.78, 5) is 30.7. The molecule has 0 fully saturated rings. The molecule has 0 atom stereocenters. The predicted octanol–water partition coefficient (Wildman–Crippen LogP) is 4.62. The van der Waals surface area contributed by atoms with Crippen LogP contribution in [-0.2, 0) is 9.53 Å². The third-order valence-electron chi connectivity index (χ3n) is 3.91. The summed E-state index contributed by atoms with van der Waals surface area (Å²) in [6.45, 7) is 5.21. The summed E-state index contributed by atoms with van der Waals surface area (Å²) in [5.41, 5.74) is 0.588. The van der Waals surface area contributed by atoms with Crippen LogP contribution in [-0.4, -0.2) is 29.1 Å². The normalized spacial score (nSPS) is 11.1. The largest absolute Gasteiger partial charge is 0.443 e. The molecular weight excluding hydrogens is 354 g/mol. The second-order valence-electron chi connectivity index (χ2n) is 7.39. The van der Waals surface area contributed by atoms with E-state index in [0.717, 1.165) is 10.8 Å². The maximum atomic E-state index is 12.6. The number of amides is 2. The van der Waals surface area contributed by atoms with E-state index < -0.39 is 11.7 Å². The number of carbonyl (C=O) groups excluding carboxylic acids is 2. The molecule has 1 aromatic heterocycles. The van der Waals surface area contributed by atoms with Crippen molar-refractivity contribution < 1.29 is 14.3 Å². The summed E-state index contributed by atoms with van der Waals surface area (Å²) in [6.07, 6.45) is 2.90. The number of fused-ring (bicyclic) bond motifs is 1. The van der Waals surface area contributed by atoms with Gasteiger partial charge in [0.25, 0.3) is 0 Å². The molecule has 0 bridgehead atoms. The molecule has 0 radical (unpaired) electrons. The minimum atomic E-state index is -0.660. The first-order chi connectivity index (χ1) is 13.3. The number of carbonyl (C=O) groups is 2. The van der Waals surface area contributed by atoms with Crippen molar-refractivity contribution in [2.75, 3.05) is 16.8 Å². The molecule has 1 heterocycles. The highest BCUT2D eigenvalue weighted by Crippen LogP contribution is 2.20. The Labute approximate surface area is 164 Å². The number of nitrogens with one attached hydrogen (secondary N) is 1. The van der Waals surface area contributed by atoms with Crippen LogP contribution in [0.15, 0.2) is 67.0 Å². The number of pyridine rings is 1.